The van der Waals surface area contributed by atoms with Gasteiger partial charge in [0.05, 0.1) is 17.2 Å². The van der Waals surface area contributed by atoms with Crippen molar-refractivity contribution in [3.8, 4) is 11.8 Å². The summed E-state index contributed by atoms with van der Waals surface area (Å²) in [5.74, 6) is 4.08. The molecule has 84 valence electrons. The van der Waals surface area contributed by atoms with Gasteiger partial charge >= 0.3 is 5.97 Å². The van der Waals surface area contributed by atoms with E-state index in [4.69, 9.17) is 11.6 Å². The van der Waals surface area contributed by atoms with E-state index in [-0.39, 0.29) is 17.0 Å². The lowest BCUT2D eigenvalue weighted by Crippen LogP contribution is -2.01. The monoisotopic (exact) mass is 240 g/mol. The average molecular weight is 241 g/mol. The van der Waals surface area contributed by atoms with Crippen LogP contribution in [0, 0.1) is 17.7 Å². The van der Waals surface area contributed by atoms with Crippen LogP contribution in [0.5, 0.6) is 0 Å². The number of carbonyl (C=O) groups is 1. The van der Waals surface area contributed by atoms with Gasteiger partial charge in [-0.3, -0.25) is 4.79 Å². The summed E-state index contributed by atoms with van der Waals surface area (Å²) in [4.78, 5) is 10.9. The molecule has 0 bridgehead atoms. The molecule has 0 aliphatic heterocycles. The van der Waals surface area contributed by atoms with Gasteiger partial charge in [0, 0.05) is 0 Å². The molecule has 0 radical (unpaired) electrons. The van der Waals surface area contributed by atoms with E-state index in [1.54, 1.807) is 13.0 Å². The Morgan fingerprint density at radius 3 is 3.00 bits per heavy atom. The van der Waals surface area contributed by atoms with Crippen molar-refractivity contribution >= 4 is 17.6 Å². The summed E-state index contributed by atoms with van der Waals surface area (Å²) in [5.41, 5.74) is 0.178. The fourth-order valence-corrected chi connectivity index (χ4v) is 1.20. The second kappa shape index (κ2) is 6.14. The lowest BCUT2D eigenvalue weighted by atomic mass is 10.2. The number of carbonyl (C=O) groups excluding carboxylic acids is 1. The van der Waals surface area contributed by atoms with Crippen molar-refractivity contribution in [2.45, 2.75) is 13.3 Å². The zero-order valence-corrected chi connectivity index (χ0v) is 9.47. The maximum Gasteiger partial charge on any atom is 0.317 e. The number of benzene rings is 1. The largest absolute Gasteiger partial charge is 0.465 e. The molecule has 1 rings (SSSR count). The van der Waals surface area contributed by atoms with Crippen LogP contribution in [0.4, 0.5) is 4.39 Å². The van der Waals surface area contributed by atoms with Gasteiger partial charge in [0.25, 0.3) is 0 Å². The van der Waals surface area contributed by atoms with Crippen LogP contribution in [0.25, 0.3) is 0 Å². The summed E-state index contributed by atoms with van der Waals surface area (Å²) < 4.78 is 18.0. The van der Waals surface area contributed by atoms with Gasteiger partial charge in [-0.05, 0) is 19.1 Å². The van der Waals surface area contributed by atoms with Gasteiger partial charge in [0.1, 0.15) is 6.42 Å². The third-order valence-electron chi connectivity index (χ3n) is 1.71. The molecular weight excluding hydrogens is 231 g/mol. The molecule has 0 heterocycles. The van der Waals surface area contributed by atoms with Gasteiger partial charge in [0.2, 0.25) is 0 Å². The molecule has 0 fully saturated rings. The van der Waals surface area contributed by atoms with Crippen LogP contribution < -0.4 is 0 Å². The van der Waals surface area contributed by atoms with Crippen LogP contribution in [0.3, 0.4) is 0 Å². The Morgan fingerprint density at radius 1 is 1.56 bits per heavy atom. The molecule has 0 N–H and O–H groups in total. The van der Waals surface area contributed by atoms with Gasteiger partial charge < -0.3 is 4.74 Å². The molecule has 0 aromatic heterocycles. The minimum atomic E-state index is -0.569. The van der Waals surface area contributed by atoms with Crippen molar-refractivity contribution in [2.75, 3.05) is 6.61 Å². The first kappa shape index (κ1) is 12.5. The minimum absolute atomic E-state index is 0.0166. The second-order valence-corrected chi connectivity index (χ2v) is 3.29. The quantitative estimate of drug-likeness (QED) is 0.587. The van der Waals surface area contributed by atoms with E-state index in [0.717, 1.165) is 0 Å². The molecule has 2 nitrogen and oxygen atoms in total. The Labute approximate surface area is 98.4 Å². The van der Waals surface area contributed by atoms with Crippen molar-refractivity contribution < 1.29 is 13.9 Å². The maximum atomic E-state index is 13.3. The van der Waals surface area contributed by atoms with Gasteiger partial charge in [-0.2, -0.15) is 0 Å². The van der Waals surface area contributed by atoms with Gasteiger partial charge in [-0.1, -0.05) is 29.5 Å². The van der Waals surface area contributed by atoms with Crippen LogP contribution in [-0.4, -0.2) is 12.6 Å². The van der Waals surface area contributed by atoms with Crippen LogP contribution in [0.2, 0.25) is 5.02 Å². The molecule has 0 atom stereocenters. The predicted octanol–water partition coefficient (Wildman–Crippen LogP) is 2.78. The number of ether oxygens (including phenoxy) is 1. The molecule has 0 aliphatic rings. The first-order chi connectivity index (χ1) is 7.65. The summed E-state index contributed by atoms with van der Waals surface area (Å²) in [7, 11) is 0. The maximum absolute atomic E-state index is 13.3. The molecule has 4 heteroatoms. The molecular formula is C12H10ClFO2. The zero-order chi connectivity index (χ0) is 12.0. The fraction of sp³-hybridized carbons (Fsp3) is 0.250. The van der Waals surface area contributed by atoms with E-state index in [1.807, 2.05) is 0 Å². The predicted molar refractivity (Wildman–Crippen MR) is 59.5 cm³/mol. The minimum Gasteiger partial charge on any atom is -0.465 e. The first-order valence-electron chi connectivity index (χ1n) is 4.73. The van der Waals surface area contributed by atoms with E-state index < -0.39 is 11.8 Å². The molecule has 16 heavy (non-hydrogen) atoms. The highest BCUT2D eigenvalue weighted by Gasteiger charge is 2.03. The Morgan fingerprint density at radius 2 is 2.31 bits per heavy atom. The van der Waals surface area contributed by atoms with Gasteiger partial charge in [-0.15, -0.1) is 0 Å². The van der Waals surface area contributed by atoms with Crippen molar-refractivity contribution in [1.82, 2.24) is 0 Å². The number of esters is 1. The number of halogens is 2. The van der Waals surface area contributed by atoms with Crippen LogP contribution in [0.1, 0.15) is 18.9 Å². The molecule has 0 unspecified atom stereocenters. The van der Waals surface area contributed by atoms with Crippen molar-refractivity contribution in [3.63, 3.8) is 0 Å². The van der Waals surface area contributed by atoms with Gasteiger partial charge in [0.15, 0.2) is 5.82 Å². The fourth-order valence-electron chi connectivity index (χ4n) is 1.02. The molecule has 0 saturated carbocycles. The standard InChI is InChI=1S/C12H10ClFO2/c1-2-16-11(15)8-4-6-9-5-3-7-10(13)12(9)14/h3,5,7H,2,8H2,1H3. The Hall–Kier alpha value is -1.53. The van der Waals surface area contributed by atoms with Crippen LogP contribution in [-0.2, 0) is 9.53 Å². The summed E-state index contributed by atoms with van der Waals surface area (Å²) in [6.45, 7) is 2.02. The van der Waals surface area contributed by atoms with Gasteiger partial charge in [-0.25, -0.2) is 4.39 Å². The number of rotatable bonds is 2. The average Bonchev–Trinajstić information content (AvgIpc) is 2.25. The van der Waals surface area contributed by atoms with E-state index >= 15 is 0 Å². The molecule has 0 amide bonds. The summed E-state index contributed by atoms with van der Waals surface area (Å²) in [5, 5.41) is 0.0166. The van der Waals surface area contributed by atoms with E-state index in [2.05, 4.69) is 16.6 Å². The SMILES string of the molecule is CCOC(=O)CC#Cc1cccc(Cl)c1F. The van der Waals surface area contributed by atoms with Crippen LogP contribution >= 0.6 is 11.6 Å². The molecule has 0 aliphatic carbocycles. The van der Waals surface area contributed by atoms with E-state index in [1.165, 1.54) is 12.1 Å². The van der Waals surface area contributed by atoms with E-state index in [9.17, 15) is 9.18 Å². The third-order valence-corrected chi connectivity index (χ3v) is 2.00. The molecule has 0 spiro atoms. The number of hydrogen-bond donors (Lipinski definition) is 0. The number of hydrogen-bond acceptors (Lipinski definition) is 2. The highest BCUT2D eigenvalue weighted by molar-refractivity contribution is 6.30. The van der Waals surface area contributed by atoms with Crippen LogP contribution in [0.15, 0.2) is 18.2 Å². The van der Waals surface area contributed by atoms with Crippen molar-refractivity contribution in [1.29, 1.82) is 0 Å². The summed E-state index contributed by atoms with van der Waals surface area (Å²) in [6, 6.07) is 4.53. The summed E-state index contributed by atoms with van der Waals surface area (Å²) in [6.07, 6.45) is -0.0558. The molecule has 1 aromatic carbocycles. The smallest absolute Gasteiger partial charge is 0.317 e. The van der Waals surface area contributed by atoms with Crippen molar-refractivity contribution in [3.05, 3.63) is 34.6 Å². The lowest BCUT2D eigenvalue weighted by Gasteiger charge is -1.96. The second-order valence-electron chi connectivity index (χ2n) is 2.88. The molecule has 1 aromatic rings. The highest BCUT2D eigenvalue weighted by Crippen LogP contribution is 2.16. The lowest BCUT2D eigenvalue weighted by molar-refractivity contribution is -0.141. The molecule has 0 saturated heterocycles. The zero-order valence-electron chi connectivity index (χ0n) is 8.72. The Balaban J connectivity index is 2.70. The van der Waals surface area contributed by atoms with E-state index in [0.29, 0.717) is 6.61 Å². The topological polar surface area (TPSA) is 26.3 Å². The summed E-state index contributed by atoms with van der Waals surface area (Å²) >= 11 is 5.57. The Bertz CT molecular complexity index is 446. The van der Waals surface area contributed by atoms with Crippen molar-refractivity contribution in [2.24, 2.45) is 0 Å². The Kier molecular flexibility index (Phi) is 4.81. The third kappa shape index (κ3) is 3.56. The normalized spacial score (nSPS) is 9.19. The first-order valence-corrected chi connectivity index (χ1v) is 5.11. The highest BCUT2D eigenvalue weighted by atomic mass is 35.5.